The fourth-order valence-corrected chi connectivity index (χ4v) is 2.13. The standard InChI is InChI=1S/C15H26N2O/c1-15(2,3)10-13(11-16)17(4)12-7-6-8-14(9-12)18-5/h6-9,13H,10-11,16H2,1-5H3. The van der Waals surface area contributed by atoms with Crippen molar-refractivity contribution in [3.63, 3.8) is 0 Å². The van der Waals surface area contributed by atoms with E-state index in [9.17, 15) is 0 Å². The van der Waals surface area contributed by atoms with Crippen molar-refractivity contribution in [3.8, 4) is 5.75 Å². The maximum Gasteiger partial charge on any atom is 0.120 e. The minimum Gasteiger partial charge on any atom is -0.497 e. The van der Waals surface area contributed by atoms with Crippen molar-refractivity contribution in [2.75, 3.05) is 25.6 Å². The van der Waals surface area contributed by atoms with Gasteiger partial charge in [0.25, 0.3) is 0 Å². The van der Waals surface area contributed by atoms with Crippen LogP contribution in [0.25, 0.3) is 0 Å². The van der Waals surface area contributed by atoms with Gasteiger partial charge in [-0.1, -0.05) is 26.8 Å². The van der Waals surface area contributed by atoms with E-state index in [-0.39, 0.29) is 5.41 Å². The van der Waals surface area contributed by atoms with Crippen molar-refractivity contribution in [2.24, 2.45) is 11.1 Å². The molecule has 3 nitrogen and oxygen atoms in total. The Morgan fingerprint density at radius 3 is 2.50 bits per heavy atom. The first-order chi connectivity index (χ1) is 8.37. The van der Waals surface area contributed by atoms with Gasteiger partial charge in [0.1, 0.15) is 5.75 Å². The van der Waals surface area contributed by atoms with Crippen LogP contribution in [-0.2, 0) is 0 Å². The minimum absolute atomic E-state index is 0.275. The maximum absolute atomic E-state index is 5.92. The zero-order valence-electron chi connectivity index (χ0n) is 12.2. The molecule has 102 valence electrons. The molecule has 2 N–H and O–H groups in total. The van der Waals surface area contributed by atoms with Crippen LogP contribution in [0.4, 0.5) is 5.69 Å². The van der Waals surface area contributed by atoms with Crippen LogP contribution < -0.4 is 15.4 Å². The first-order valence-electron chi connectivity index (χ1n) is 6.44. The summed E-state index contributed by atoms with van der Waals surface area (Å²) in [6, 6.07) is 8.45. The Labute approximate surface area is 111 Å². The fraction of sp³-hybridized carbons (Fsp3) is 0.600. The first-order valence-corrected chi connectivity index (χ1v) is 6.44. The molecule has 0 aliphatic heterocycles. The highest BCUT2D eigenvalue weighted by Gasteiger charge is 2.21. The van der Waals surface area contributed by atoms with Crippen LogP contribution >= 0.6 is 0 Å². The lowest BCUT2D eigenvalue weighted by atomic mass is 9.87. The summed E-state index contributed by atoms with van der Waals surface area (Å²) in [7, 11) is 3.78. The number of methoxy groups -OCH3 is 1. The van der Waals surface area contributed by atoms with Crippen LogP contribution in [0.2, 0.25) is 0 Å². The zero-order chi connectivity index (χ0) is 13.8. The van der Waals surface area contributed by atoms with Crippen LogP contribution in [-0.4, -0.2) is 26.7 Å². The van der Waals surface area contributed by atoms with E-state index in [1.165, 1.54) is 0 Å². The molecule has 1 unspecified atom stereocenters. The van der Waals surface area contributed by atoms with Gasteiger partial charge in [-0.25, -0.2) is 0 Å². The third kappa shape index (κ3) is 4.22. The van der Waals surface area contributed by atoms with E-state index in [1.807, 2.05) is 18.2 Å². The number of rotatable bonds is 5. The monoisotopic (exact) mass is 250 g/mol. The second-order valence-corrected chi connectivity index (χ2v) is 5.97. The third-order valence-corrected chi connectivity index (χ3v) is 3.13. The molecule has 0 spiro atoms. The van der Waals surface area contributed by atoms with Crippen molar-refractivity contribution in [1.29, 1.82) is 0 Å². The van der Waals surface area contributed by atoms with Gasteiger partial charge in [0.15, 0.2) is 0 Å². The Kier molecular flexibility index (Phi) is 5.03. The molecule has 1 aromatic rings. The van der Waals surface area contributed by atoms with Gasteiger partial charge < -0.3 is 15.4 Å². The van der Waals surface area contributed by atoms with Gasteiger partial charge >= 0.3 is 0 Å². The minimum atomic E-state index is 0.275. The molecular formula is C15H26N2O. The molecule has 0 bridgehead atoms. The number of nitrogens with zero attached hydrogens (tertiary/aromatic N) is 1. The lowest BCUT2D eigenvalue weighted by Gasteiger charge is -2.34. The molecule has 0 radical (unpaired) electrons. The van der Waals surface area contributed by atoms with Gasteiger partial charge in [-0.15, -0.1) is 0 Å². The Balaban J connectivity index is 2.85. The highest BCUT2D eigenvalue weighted by atomic mass is 16.5. The number of hydrogen-bond donors (Lipinski definition) is 1. The number of hydrogen-bond acceptors (Lipinski definition) is 3. The molecule has 1 aromatic carbocycles. The number of anilines is 1. The first kappa shape index (κ1) is 14.8. The van der Waals surface area contributed by atoms with Crippen molar-refractivity contribution in [2.45, 2.75) is 33.2 Å². The summed E-state index contributed by atoms with van der Waals surface area (Å²) in [6.45, 7) is 7.39. The second kappa shape index (κ2) is 6.10. The summed E-state index contributed by atoms with van der Waals surface area (Å²) in [5, 5.41) is 0. The second-order valence-electron chi connectivity index (χ2n) is 5.97. The summed E-state index contributed by atoms with van der Waals surface area (Å²) in [5.74, 6) is 0.880. The summed E-state index contributed by atoms with van der Waals surface area (Å²) >= 11 is 0. The number of ether oxygens (including phenoxy) is 1. The molecule has 0 saturated heterocycles. The van der Waals surface area contributed by atoms with E-state index < -0.39 is 0 Å². The molecule has 0 aliphatic rings. The molecule has 0 aliphatic carbocycles. The number of likely N-dealkylation sites (N-methyl/N-ethyl adjacent to an activating group) is 1. The van der Waals surface area contributed by atoms with Gasteiger partial charge in [0.2, 0.25) is 0 Å². The molecule has 18 heavy (non-hydrogen) atoms. The Hall–Kier alpha value is -1.22. The summed E-state index contributed by atoms with van der Waals surface area (Å²) in [4.78, 5) is 2.24. The van der Waals surface area contributed by atoms with E-state index in [0.29, 0.717) is 12.6 Å². The predicted molar refractivity (Wildman–Crippen MR) is 78.3 cm³/mol. The third-order valence-electron chi connectivity index (χ3n) is 3.13. The number of benzene rings is 1. The highest BCUT2D eigenvalue weighted by molar-refractivity contribution is 5.51. The van der Waals surface area contributed by atoms with Crippen molar-refractivity contribution in [1.82, 2.24) is 0 Å². The van der Waals surface area contributed by atoms with Crippen LogP contribution in [0.15, 0.2) is 24.3 Å². The zero-order valence-corrected chi connectivity index (χ0v) is 12.2. The molecule has 0 fully saturated rings. The molecular weight excluding hydrogens is 224 g/mol. The van der Waals surface area contributed by atoms with E-state index in [2.05, 4.69) is 38.8 Å². The van der Waals surface area contributed by atoms with Gasteiger partial charge in [-0.3, -0.25) is 0 Å². The summed E-state index contributed by atoms with van der Waals surface area (Å²) in [5.41, 5.74) is 7.34. The molecule has 0 saturated carbocycles. The smallest absolute Gasteiger partial charge is 0.120 e. The normalized spacial score (nSPS) is 13.2. The Morgan fingerprint density at radius 1 is 1.33 bits per heavy atom. The quantitative estimate of drug-likeness (QED) is 0.873. The molecule has 0 heterocycles. The topological polar surface area (TPSA) is 38.5 Å². The Bertz CT molecular complexity index is 371. The van der Waals surface area contributed by atoms with Gasteiger partial charge in [-0.05, 0) is 24.0 Å². The van der Waals surface area contributed by atoms with Crippen molar-refractivity contribution >= 4 is 5.69 Å². The predicted octanol–water partition coefficient (Wildman–Crippen LogP) is 2.89. The lowest BCUT2D eigenvalue weighted by molar-refractivity contribution is 0.336. The van der Waals surface area contributed by atoms with Crippen molar-refractivity contribution < 1.29 is 4.74 Å². The van der Waals surface area contributed by atoms with Gasteiger partial charge in [0.05, 0.1) is 7.11 Å². The van der Waals surface area contributed by atoms with Crippen LogP contribution in [0.5, 0.6) is 5.75 Å². The molecule has 1 atom stereocenters. The average Bonchev–Trinajstić information content (AvgIpc) is 2.34. The molecule has 0 amide bonds. The van der Waals surface area contributed by atoms with E-state index in [4.69, 9.17) is 10.5 Å². The largest absolute Gasteiger partial charge is 0.497 e. The molecule has 3 heteroatoms. The number of nitrogens with two attached hydrogens (primary N) is 1. The van der Waals surface area contributed by atoms with E-state index in [1.54, 1.807) is 7.11 Å². The van der Waals surface area contributed by atoms with Gasteiger partial charge in [0, 0.05) is 31.4 Å². The summed E-state index contributed by atoms with van der Waals surface area (Å²) < 4.78 is 5.26. The molecule has 1 rings (SSSR count). The van der Waals surface area contributed by atoms with Crippen LogP contribution in [0.1, 0.15) is 27.2 Å². The van der Waals surface area contributed by atoms with Gasteiger partial charge in [-0.2, -0.15) is 0 Å². The Morgan fingerprint density at radius 2 is 2.00 bits per heavy atom. The van der Waals surface area contributed by atoms with E-state index in [0.717, 1.165) is 17.9 Å². The van der Waals surface area contributed by atoms with E-state index >= 15 is 0 Å². The highest BCUT2D eigenvalue weighted by Crippen LogP contribution is 2.27. The van der Waals surface area contributed by atoms with Crippen LogP contribution in [0.3, 0.4) is 0 Å². The lowest BCUT2D eigenvalue weighted by Crippen LogP contribution is -2.40. The van der Waals surface area contributed by atoms with Crippen molar-refractivity contribution in [3.05, 3.63) is 24.3 Å². The summed E-state index contributed by atoms with van der Waals surface area (Å²) in [6.07, 6.45) is 1.07. The van der Waals surface area contributed by atoms with Crippen LogP contribution in [0, 0.1) is 5.41 Å². The average molecular weight is 250 g/mol. The maximum atomic E-state index is 5.92. The SMILES string of the molecule is COc1cccc(N(C)C(CN)CC(C)(C)C)c1. The fourth-order valence-electron chi connectivity index (χ4n) is 2.13. The molecule has 0 aromatic heterocycles.